The molecule has 3 aliphatic rings. The summed E-state index contributed by atoms with van der Waals surface area (Å²) in [4.78, 5) is 37.9. The summed E-state index contributed by atoms with van der Waals surface area (Å²) < 4.78 is 10.1. The van der Waals surface area contributed by atoms with Crippen LogP contribution in [0.5, 0.6) is 0 Å². The number of ether oxygens (including phenoxy) is 2. The maximum Gasteiger partial charge on any atom is 0.333 e. The first kappa shape index (κ1) is 12.6. The Morgan fingerprint density at radius 1 is 0.895 bits per heavy atom. The molecular formula is C12H16N2O5. The Morgan fingerprint density at radius 3 is 1.68 bits per heavy atom. The lowest BCUT2D eigenvalue weighted by molar-refractivity contribution is -0.142. The van der Waals surface area contributed by atoms with Gasteiger partial charge in [-0.2, -0.15) is 0 Å². The Morgan fingerprint density at radius 2 is 1.32 bits per heavy atom. The molecule has 2 unspecified atom stereocenters. The molecule has 0 bridgehead atoms. The molecular weight excluding hydrogens is 252 g/mol. The Balaban J connectivity index is 1.59. The van der Waals surface area contributed by atoms with Gasteiger partial charge in [-0.25, -0.2) is 4.79 Å². The van der Waals surface area contributed by atoms with Gasteiger partial charge in [0.2, 0.25) is 11.8 Å². The van der Waals surface area contributed by atoms with Crippen molar-refractivity contribution in [2.45, 2.75) is 31.5 Å². The average molecular weight is 268 g/mol. The van der Waals surface area contributed by atoms with Crippen molar-refractivity contribution >= 4 is 17.8 Å². The lowest BCUT2D eigenvalue weighted by Crippen LogP contribution is -2.55. The van der Waals surface area contributed by atoms with Gasteiger partial charge < -0.3 is 9.47 Å². The number of epoxide rings is 2. The second-order valence-electron chi connectivity index (χ2n) is 5.04. The molecule has 0 radical (unpaired) electrons. The highest BCUT2D eigenvalue weighted by Gasteiger charge is 2.39. The molecule has 0 N–H and O–H groups in total. The summed E-state index contributed by atoms with van der Waals surface area (Å²) in [6.07, 6.45) is 1.39. The molecule has 19 heavy (non-hydrogen) atoms. The zero-order valence-corrected chi connectivity index (χ0v) is 10.5. The third kappa shape index (κ3) is 2.93. The maximum atomic E-state index is 12.1. The molecule has 3 fully saturated rings. The number of urea groups is 1. The number of nitrogens with zero attached hydrogens (tertiary/aromatic N) is 2. The van der Waals surface area contributed by atoms with Gasteiger partial charge in [0.25, 0.3) is 0 Å². The molecule has 7 heteroatoms. The zero-order valence-electron chi connectivity index (χ0n) is 10.5. The third-order valence-corrected chi connectivity index (χ3v) is 3.52. The van der Waals surface area contributed by atoms with Gasteiger partial charge in [0, 0.05) is 13.1 Å². The number of barbiturate groups is 1. The highest BCUT2D eigenvalue weighted by molar-refractivity contribution is 6.14. The van der Waals surface area contributed by atoms with Crippen LogP contribution >= 0.6 is 0 Å². The van der Waals surface area contributed by atoms with Crippen LogP contribution in [0.4, 0.5) is 4.79 Å². The highest BCUT2D eigenvalue weighted by Crippen LogP contribution is 2.20. The van der Waals surface area contributed by atoms with Crippen LogP contribution < -0.4 is 0 Å². The van der Waals surface area contributed by atoms with Gasteiger partial charge in [-0.05, 0) is 12.8 Å². The van der Waals surface area contributed by atoms with Crippen LogP contribution in [0.15, 0.2) is 0 Å². The number of rotatable bonds is 6. The lowest BCUT2D eigenvalue weighted by atomic mass is 10.2. The summed E-state index contributed by atoms with van der Waals surface area (Å²) in [7, 11) is 0. The van der Waals surface area contributed by atoms with E-state index in [1.165, 1.54) is 0 Å². The minimum absolute atomic E-state index is 0.159. The van der Waals surface area contributed by atoms with Crippen molar-refractivity contribution in [3.05, 3.63) is 0 Å². The van der Waals surface area contributed by atoms with Crippen LogP contribution in [0.25, 0.3) is 0 Å². The molecule has 0 aromatic carbocycles. The molecule has 0 spiro atoms. The molecule has 7 nitrogen and oxygen atoms in total. The van der Waals surface area contributed by atoms with E-state index >= 15 is 0 Å². The number of hydrogen-bond acceptors (Lipinski definition) is 5. The van der Waals surface area contributed by atoms with E-state index in [-0.39, 0.29) is 18.6 Å². The fraction of sp³-hybridized carbons (Fsp3) is 0.750. The number of amides is 4. The maximum absolute atomic E-state index is 12.1. The van der Waals surface area contributed by atoms with Crippen molar-refractivity contribution in [2.75, 3.05) is 26.3 Å². The van der Waals surface area contributed by atoms with E-state index in [0.29, 0.717) is 39.1 Å². The molecule has 4 amide bonds. The molecule has 0 aromatic rings. The minimum Gasteiger partial charge on any atom is -0.373 e. The first-order chi connectivity index (χ1) is 9.15. The summed E-state index contributed by atoms with van der Waals surface area (Å²) in [5.74, 6) is -0.816. The lowest BCUT2D eigenvalue weighted by Gasteiger charge is -2.32. The molecule has 0 aromatic heterocycles. The van der Waals surface area contributed by atoms with Crippen molar-refractivity contribution in [3.63, 3.8) is 0 Å². The van der Waals surface area contributed by atoms with Crippen molar-refractivity contribution in [3.8, 4) is 0 Å². The topological polar surface area (TPSA) is 82.8 Å². The number of hydrogen-bond donors (Lipinski definition) is 0. The van der Waals surface area contributed by atoms with Crippen LogP contribution in [-0.4, -0.2) is 66.2 Å². The smallest absolute Gasteiger partial charge is 0.333 e. The highest BCUT2D eigenvalue weighted by atomic mass is 16.6. The SMILES string of the molecule is O=C1CC(=O)N(CCC2CO2)C(=O)N1CCC1CO1. The number of carbonyl (C=O) groups is 3. The quantitative estimate of drug-likeness (QED) is 0.490. The van der Waals surface area contributed by atoms with Crippen LogP contribution in [-0.2, 0) is 19.1 Å². The first-order valence-corrected chi connectivity index (χ1v) is 6.53. The summed E-state index contributed by atoms with van der Waals surface area (Å²) in [6, 6.07) is -0.498. The Hall–Kier alpha value is -1.47. The number of imide groups is 2. The summed E-state index contributed by atoms with van der Waals surface area (Å²) >= 11 is 0. The molecule has 0 saturated carbocycles. The van der Waals surface area contributed by atoms with Gasteiger partial charge >= 0.3 is 6.03 Å². The second kappa shape index (κ2) is 4.90. The van der Waals surface area contributed by atoms with E-state index in [4.69, 9.17) is 9.47 Å². The number of carbonyl (C=O) groups excluding carboxylic acids is 3. The van der Waals surface area contributed by atoms with Crippen molar-refractivity contribution in [2.24, 2.45) is 0 Å². The predicted molar refractivity (Wildman–Crippen MR) is 62.2 cm³/mol. The Labute approximate surface area is 110 Å². The van der Waals surface area contributed by atoms with Gasteiger partial charge in [0.1, 0.15) is 6.42 Å². The van der Waals surface area contributed by atoms with Gasteiger partial charge in [-0.3, -0.25) is 19.4 Å². The molecule has 0 aliphatic carbocycles. The monoisotopic (exact) mass is 268 g/mol. The summed E-state index contributed by atoms with van der Waals surface area (Å²) in [6.45, 7) is 2.04. The first-order valence-electron chi connectivity index (χ1n) is 6.53. The second-order valence-corrected chi connectivity index (χ2v) is 5.04. The van der Waals surface area contributed by atoms with E-state index in [9.17, 15) is 14.4 Å². The standard InChI is InChI=1S/C12H16N2O5/c15-10-5-11(16)14(4-2-9-7-19-9)12(17)13(10)3-1-8-6-18-8/h8-9H,1-7H2. The Kier molecular flexibility index (Phi) is 3.24. The molecule has 3 aliphatic heterocycles. The minimum atomic E-state index is -0.498. The van der Waals surface area contributed by atoms with Crippen LogP contribution in [0.1, 0.15) is 19.3 Å². The molecule has 2 atom stereocenters. The summed E-state index contributed by atoms with van der Waals surface area (Å²) in [5.41, 5.74) is 0. The van der Waals surface area contributed by atoms with Gasteiger partial charge in [0.15, 0.2) is 0 Å². The van der Waals surface area contributed by atoms with Crippen LogP contribution in [0, 0.1) is 0 Å². The van der Waals surface area contributed by atoms with Gasteiger partial charge in [-0.15, -0.1) is 0 Å². The van der Waals surface area contributed by atoms with Gasteiger partial charge in [-0.1, -0.05) is 0 Å². The normalized spacial score (nSPS) is 30.0. The fourth-order valence-corrected chi connectivity index (χ4v) is 2.14. The fourth-order valence-electron chi connectivity index (χ4n) is 2.14. The van der Waals surface area contributed by atoms with Crippen molar-refractivity contribution < 1.29 is 23.9 Å². The van der Waals surface area contributed by atoms with Crippen molar-refractivity contribution in [1.29, 1.82) is 0 Å². The average Bonchev–Trinajstić information content (AvgIpc) is 3.23. The van der Waals surface area contributed by atoms with E-state index in [1.54, 1.807) is 0 Å². The largest absolute Gasteiger partial charge is 0.373 e. The van der Waals surface area contributed by atoms with Crippen LogP contribution in [0.3, 0.4) is 0 Å². The molecule has 3 rings (SSSR count). The van der Waals surface area contributed by atoms with E-state index in [0.717, 1.165) is 9.80 Å². The molecule has 3 heterocycles. The van der Waals surface area contributed by atoms with E-state index < -0.39 is 17.8 Å². The van der Waals surface area contributed by atoms with Crippen LogP contribution in [0.2, 0.25) is 0 Å². The Bertz CT molecular complexity index is 380. The van der Waals surface area contributed by atoms with E-state index in [1.807, 2.05) is 0 Å². The molecule has 104 valence electrons. The van der Waals surface area contributed by atoms with Gasteiger partial charge in [0.05, 0.1) is 25.4 Å². The predicted octanol–water partition coefficient (Wildman–Crippen LogP) is -0.255. The van der Waals surface area contributed by atoms with E-state index in [2.05, 4.69) is 0 Å². The van der Waals surface area contributed by atoms with Crippen molar-refractivity contribution in [1.82, 2.24) is 9.80 Å². The summed E-state index contributed by atoms with van der Waals surface area (Å²) in [5, 5.41) is 0. The zero-order chi connectivity index (χ0) is 13.4. The third-order valence-electron chi connectivity index (χ3n) is 3.52. The molecule has 3 saturated heterocycles.